The van der Waals surface area contributed by atoms with Crippen LogP contribution in [0.3, 0.4) is 0 Å². The Morgan fingerprint density at radius 3 is 2.90 bits per heavy atom. The number of pyridine rings is 1. The van der Waals surface area contributed by atoms with Crippen LogP contribution in [-0.2, 0) is 0 Å². The van der Waals surface area contributed by atoms with Gasteiger partial charge in [0.1, 0.15) is 5.75 Å². The Balaban J connectivity index is 2.19. The van der Waals surface area contributed by atoms with Crippen LogP contribution < -0.4 is 4.74 Å². The molecule has 0 aliphatic heterocycles. The summed E-state index contributed by atoms with van der Waals surface area (Å²) in [5, 5.41) is 9.84. The summed E-state index contributed by atoms with van der Waals surface area (Å²) in [6.45, 7) is 4.60. The molecule has 0 aliphatic rings. The third-order valence-corrected chi connectivity index (χ3v) is 3.17. The summed E-state index contributed by atoms with van der Waals surface area (Å²) in [5.74, 6) is 0.977. The van der Waals surface area contributed by atoms with E-state index in [0.29, 0.717) is 12.3 Å². The van der Waals surface area contributed by atoms with E-state index in [0.717, 1.165) is 22.6 Å². The number of nitrogens with zero attached hydrogens (tertiary/aromatic N) is 2. The Hall–Kier alpha value is -2.49. The van der Waals surface area contributed by atoms with Crippen molar-refractivity contribution >= 4 is 5.65 Å². The van der Waals surface area contributed by atoms with E-state index >= 15 is 0 Å². The molecule has 0 amide bonds. The lowest BCUT2D eigenvalue weighted by molar-refractivity contribution is 0.341. The van der Waals surface area contributed by atoms with Crippen molar-refractivity contribution in [3.63, 3.8) is 0 Å². The van der Waals surface area contributed by atoms with Gasteiger partial charge in [-0.2, -0.15) is 0 Å². The molecule has 0 radical (unpaired) electrons. The summed E-state index contributed by atoms with van der Waals surface area (Å²) in [6.07, 6.45) is 3.76. The number of fused-ring (bicyclic) bond motifs is 1. The van der Waals surface area contributed by atoms with Gasteiger partial charge in [-0.25, -0.2) is 4.98 Å². The maximum atomic E-state index is 9.84. The first kappa shape index (κ1) is 12.5. The van der Waals surface area contributed by atoms with Gasteiger partial charge < -0.3 is 14.2 Å². The molecule has 0 fully saturated rings. The first-order valence-corrected chi connectivity index (χ1v) is 6.59. The van der Waals surface area contributed by atoms with Crippen molar-refractivity contribution in [1.82, 2.24) is 9.38 Å². The third-order valence-electron chi connectivity index (χ3n) is 3.17. The highest BCUT2D eigenvalue weighted by molar-refractivity contribution is 5.71. The molecule has 2 aromatic heterocycles. The second-order valence-corrected chi connectivity index (χ2v) is 4.68. The number of aryl methyl sites for hydroxylation is 1. The first-order chi connectivity index (χ1) is 9.69. The van der Waals surface area contributed by atoms with Crippen LogP contribution in [0.5, 0.6) is 11.5 Å². The van der Waals surface area contributed by atoms with Crippen LogP contribution in [0.1, 0.15) is 12.5 Å². The minimum atomic E-state index is 0.171. The van der Waals surface area contributed by atoms with Gasteiger partial charge in [-0.05, 0) is 38.1 Å². The van der Waals surface area contributed by atoms with E-state index in [2.05, 4.69) is 4.98 Å². The Kier molecular flexibility index (Phi) is 3.06. The minimum Gasteiger partial charge on any atom is -0.504 e. The van der Waals surface area contributed by atoms with Crippen LogP contribution in [0.25, 0.3) is 16.9 Å². The monoisotopic (exact) mass is 268 g/mol. The predicted octanol–water partition coefficient (Wildman–Crippen LogP) is 3.41. The van der Waals surface area contributed by atoms with Crippen molar-refractivity contribution in [3.8, 4) is 22.8 Å². The van der Waals surface area contributed by atoms with E-state index in [9.17, 15) is 5.11 Å². The van der Waals surface area contributed by atoms with E-state index in [4.69, 9.17) is 4.74 Å². The van der Waals surface area contributed by atoms with Gasteiger partial charge in [0, 0.05) is 18.0 Å². The van der Waals surface area contributed by atoms with E-state index in [1.165, 1.54) is 0 Å². The summed E-state index contributed by atoms with van der Waals surface area (Å²) >= 11 is 0. The molecular weight excluding hydrogens is 252 g/mol. The summed E-state index contributed by atoms with van der Waals surface area (Å²) in [5.41, 5.74) is 3.42. The number of benzene rings is 1. The molecule has 0 saturated carbocycles. The van der Waals surface area contributed by atoms with Gasteiger partial charge in [0.2, 0.25) is 0 Å². The Bertz CT molecular complexity index is 762. The topological polar surface area (TPSA) is 46.8 Å². The molecular formula is C16H16N2O2. The highest BCUT2D eigenvalue weighted by atomic mass is 16.5. The van der Waals surface area contributed by atoms with Crippen LogP contribution in [-0.4, -0.2) is 21.1 Å². The number of imidazole rings is 1. The van der Waals surface area contributed by atoms with Crippen molar-refractivity contribution in [2.45, 2.75) is 13.8 Å². The molecule has 4 heteroatoms. The molecule has 20 heavy (non-hydrogen) atoms. The fourth-order valence-electron chi connectivity index (χ4n) is 2.25. The van der Waals surface area contributed by atoms with Gasteiger partial charge in [0.05, 0.1) is 12.3 Å². The molecule has 0 unspecified atom stereocenters. The molecule has 3 aromatic rings. The maximum absolute atomic E-state index is 9.84. The van der Waals surface area contributed by atoms with Crippen LogP contribution in [0, 0.1) is 6.92 Å². The van der Waals surface area contributed by atoms with Crippen molar-refractivity contribution in [3.05, 3.63) is 48.3 Å². The fraction of sp³-hybridized carbons (Fsp3) is 0.188. The van der Waals surface area contributed by atoms with Gasteiger partial charge in [0.15, 0.2) is 11.4 Å². The fourth-order valence-corrected chi connectivity index (χ4v) is 2.25. The minimum absolute atomic E-state index is 0.171. The van der Waals surface area contributed by atoms with E-state index in [-0.39, 0.29) is 5.75 Å². The Morgan fingerprint density at radius 2 is 2.15 bits per heavy atom. The molecule has 3 rings (SSSR count). The SMILES string of the molecule is CCOc1ccc(C)cc1-c1cn2cccc(O)c2n1. The first-order valence-electron chi connectivity index (χ1n) is 6.59. The summed E-state index contributed by atoms with van der Waals surface area (Å²) in [6, 6.07) is 9.43. The Labute approximate surface area is 117 Å². The predicted molar refractivity (Wildman–Crippen MR) is 78.2 cm³/mol. The normalized spacial score (nSPS) is 10.9. The van der Waals surface area contributed by atoms with Gasteiger partial charge in [-0.15, -0.1) is 0 Å². The van der Waals surface area contributed by atoms with Crippen LogP contribution >= 0.6 is 0 Å². The zero-order valence-corrected chi connectivity index (χ0v) is 11.5. The van der Waals surface area contributed by atoms with Gasteiger partial charge in [-0.1, -0.05) is 11.6 Å². The van der Waals surface area contributed by atoms with Crippen LogP contribution in [0.2, 0.25) is 0 Å². The highest BCUT2D eigenvalue weighted by Crippen LogP contribution is 2.31. The lowest BCUT2D eigenvalue weighted by Crippen LogP contribution is -1.94. The van der Waals surface area contributed by atoms with Crippen molar-refractivity contribution in [2.24, 2.45) is 0 Å². The number of hydrogen-bond donors (Lipinski definition) is 1. The number of aromatic nitrogens is 2. The quantitative estimate of drug-likeness (QED) is 0.791. The van der Waals surface area contributed by atoms with Gasteiger partial charge in [-0.3, -0.25) is 0 Å². The van der Waals surface area contributed by atoms with Crippen molar-refractivity contribution in [1.29, 1.82) is 0 Å². The van der Waals surface area contributed by atoms with Crippen molar-refractivity contribution < 1.29 is 9.84 Å². The molecule has 0 aliphatic carbocycles. The molecule has 0 bridgehead atoms. The van der Waals surface area contributed by atoms with Crippen LogP contribution in [0.15, 0.2) is 42.7 Å². The number of ether oxygens (including phenoxy) is 1. The molecule has 102 valence electrons. The molecule has 1 N–H and O–H groups in total. The number of aromatic hydroxyl groups is 1. The largest absolute Gasteiger partial charge is 0.504 e. The lowest BCUT2D eigenvalue weighted by atomic mass is 10.1. The standard InChI is InChI=1S/C16H16N2O2/c1-3-20-15-7-6-11(2)9-12(15)13-10-18-8-4-5-14(19)16(18)17-13/h4-10,19H,3H2,1-2H3. The van der Waals surface area contributed by atoms with E-state index in [1.807, 2.05) is 48.8 Å². The van der Waals surface area contributed by atoms with Gasteiger partial charge in [0.25, 0.3) is 0 Å². The maximum Gasteiger partial charge on any atom is 0.180 e. The second kappa shape index (κ2) is 4.89. The smallest absolute Gasteiger partial charge is 0.180 e. The molecule has 4 nitrogen and oxygen atoms in total. The summed E-state index contributed by atoms with van der Waals surface area (Å²) in [7, 11) is 0. The molecule has 2 heterocycles. The number of rotatable bonds is 3. The number of hydrogen-bond acceptors (Lipinski definition) is 3. The summed E-state index contributed by atoms with van der Waals surface area (Å²) < 4.78 is 7.47. The highest BCUT2D eigenvalue weighted by Gasteiger charge is 2.12. The zero-order chi connectivity index (χ0) is 14.1. The van der Waals surface area contributed by atoms with Gasteiger partial charge >= 0.3 is 0 Å². The average molecular weight is 268 g/mol. The molecule has 0 atom stereocenters. The average Bonchev–Trinajstić information content (AvgIpc) is 2.86. The van der Waals surface area contributed by atoms with Crippen molar-refractivity contribution in [2.75, 3.05) is 6.61 Å². The van der Waals surface area contributed by atoms with E-state index in [1.54, 1.807) is 12.1 Å². The zero-order valence-electron chi connectivity index (χ0n) is 11.5. The molecule has 1 aromatic carbocycles. The Morgan fingerprint density at radius 1 is 1.30 bits per heavy atom. The third kappa shape index (κ3) is 2.09. The molecule has 0 saturated heterocycles. The summed E-state index contributed by atoms with van der Waals surface area (Å²) in [4.78, 5) is 4.50. The van der Waals surface area contributed by atoms with Crippen LogP contribution in [0.4, 0.5) is 0 Å². The lowest BCUT2D eigenvalue weighted by Gasteiger charge is -2.08. The second-order valence-electron chi connectivity index (χ2n) is 4.68. The molecule has 0 spiro atoms. The van der Waals surface area contributed by atoms with E-state index < -0.39 is 0 Å².